The smallest absolute Gasteiger partial charge is 0.194 e. The van der Waals surface area contributed by atoms with E-state index in [1.54, 1.807) is 11.7 Å². The Kier molecular flexibility index (Phi) is 6.42. The van der Waals surface area contributed by atoms with Crippen LogP contribution in [0.1, 0.15) is 18.7 Å². The van der Waals surface area contributed by atoms with Crippen molar-refractivity contribution < 1.29 is 14.2 Å². The number of nitrogens with one attached hydrogen (secondary N) is 1. The summed E-state index contributed by atoms with van der Waals surface area (Å²) in [6.07, 6.45) is 2.56. The van der Waals surface area contributed by atoms with E-state index in [0.717, 1.165) is 30.5 Å². The Balaban J connectivity index is 0.000000299. The summed E-state index contributed by atoms with van der Waals surface area (Å²) in [4.78, 5) is 0. The van der Waals surface area contributed by atoms with E-state index in [-0.39, 0.29) is 0 Å². The van der Waals surface area contributed by atoms with Crippen molar-refractivity contribution in [2.45, 2.75) is 19.4 Å². The first-order valence-electron chi connectivity index (χ1n) is 7.15. The topological polar surface area (TPSA) is 61.3 Å². The molecule has 0 atom stereocenters. The molecule has 1 aromatic carbocycles. The number of hydrogen-bond acceptors (Lipinski definition) is 5. The van der Waals surface area contributed by atoms with Crippen LogP contribution in [0.25, 0.3) is 0 Å². The van der Waals surface area contributed by atoms with Crippen molar-refractivity contribution in [3.63, 3.8) is 0 Å². The van der Waals surface area contributed by atoms with Gasteiger partial charge in [0.25, 0.3) is 0 Å². The molecule has 0 bridgehead atoms. The molecule has 0 amide bonds. The number of aromatic amines is 1. The highest BCUT2D eigenvalue weighted by Gasteiger charge is 2.03. The zero-order valence-corrected chi connectivity index (χ0v) is 13.7. The number of ether oxygens (including phenoxy) is 3. The van der Waals surface area contributed by atoms with Crippen LogP contribution >= 0.6 is 12.2 Å². The van der Waals surface area contributed by atoms with Gasteiger partial charge in [0.2, 0.25) is 0 Å². The molecule has 120 valence electrons. The fourth-order valence-electron chi connectivity index (χ4n) is 1.84. The number of aromatic nitrogens is 3. The summed E-state index contributed by atoms with van der Waals surface area (Å²) in [6, 6.07) is 7.39. The fourth-order valence-corrected chi connectivity index (χ4v) is 1.99. The lowest BCUT2D eigenvalue weighted by atomic mass is 10.3. The highest BCUT2D eigenvalue weighted by Crippen LogP contribution is 2.17. The molecule has 0 spiro atoms. The van der Waals surface area contributed by atoms with Crippen molar-refractivity contribution in [1.29, 1.82) is 0 Å². The Labute approximate surface area is 135 Å². The van der Waals surface area contributed by atoms with Gasteiger partial charge in [-0.1, -0.05) is 0 Å². The third kappa shape index (κ3) is 4.85. The van der Waals surface area contributed by atoms with Crippen LogP contribution in [0.5, 0.6) is 11.5 Å². The molecule has 1 aliphatic heterocycles. The molecule has 1 aliphatic rings. The van der Waals surface area contributed by atoms with Crippen LogP contribution in [0.2, 0.25) is 0 Å². The van der Waals surface area contributed by atoms with Gasteiger partial charge >= 0.3 is 0 Å². The second kappa shape index (κ2) is 8.55. The molecule has 0 saturated carbocycles. The van der Waals surface area contributed by atoms with E-state index in [1.807, 2.05) is 31.3 Å². The van der Waals surface area contributed by atoms with Crippen molar-refractivity contribution >= 4 is 12.2 Å². The van der Waals surface area contributed by atoms with Gasteiger partial charge in [-0.2, -0.15) is 5.10 Å². The van der Waals surface area contributed by atoms with Crippen LogP contribution in [-0.2, 0) is 18.4 Å². The lowest BCUT2D eigenvalue weighted by Crippen LogP contribution is -2.03. The van der Waals surface area contributed by atoms with Crippen molar-refractivity contribution in [3.8, 4) is 11.5 Å². The van der Waals surface area contributed by atoms with Crippen molar-refractivity contribution in [2.75, 3.05) is 20.3 Å². The van der Waals surface area contributed by atoms with Crippen LogP contribution in [-0.4, -0.2) is 35.1 Å². The van der Waals surface area contributed by atoms with Gasteiger partial charge in [0.1, 0.15) is 18.1 Å². The molecule has 1 aromatic heterocycles. The number of hydrogen-bond donors (Lipinski definition) is 1. The first kappa shape index (κ1) is 16.5. The van der Waals surface area contributed by atoms with E-state index in [2.05, 4.69) is 10.2 Å². The molecule has 3 rings (SSSR count). The number of H-pyrrole nitrogens is 1. The fraction of sp³-hybridized carbons (Fsp3) is 0.467. The first-order valence-corrected chi connectivity index (χ1v) is 7.56. The molecule has 2 aromatic rings. The largest absolute Gasteiger partial charge is 0.497 e. The molecular formula is C15H21N3O3S. The number of rotatable bonds is 4. The Hall–Kier alpha value is -1.86. The van der Waals surface area contributed by atoms with Crippen molar-refractivity contribution in [1.82, 2.24) is 14.8 Å². The summed E-state index contributed by atoms with van der Waals surface area (Å²) in [7, 11) is 3.48. The van der Waals surface area contributed by atoms with Crippen LogP contribution in [0.3, 0.4) is 0 Å². The normalized spacial score (nSPS) is 13.4. The molecular weight excluding hydrogens is 302 g/mol. The minimum atomic E-state index is 0.371. The zero-order valence-electron chi connectivity index (χ0n) is 12.9. The summed E-state index contributed by atoms with van der Waals surface area (Å²) < 4.78 is 17.9. The number of benzene rings is 1. The Morgan fingerprint density at radius 3 is 2.32 bits per heavy atom. The third-order valence-corrected chi connectivity index (χ3v) is 3.59. The molecule has 0 radical (unpaired) electrons. The monoisotopic (exact) mass is 323 g/mol. The molecule has 22 heavy (non-hydrogen) atoms. The van der Waals surface area contributed by atoms with E-state index >= 15 is 0 Å². The maximum absolute atomic E-state index is 5.58. The quantitative estimate of drug-likeness (QED) is 0.877. The van der Waals surface area contributed by atoms with Gasteiger partial charge in [-0.15, -0.1) is 0 Å². The molecule has 0 aliphatic carbocycles. The summed E-state index contributed by atoms with van der Waals surface area (Å²) in [6.45, 7) is 2.37. The van der Waals surface area contributed by atoms with Gasteiger partial charge in [-0.25, -0.2) is 0 Å². The van der Waals surface area contributed by atoms with Gasteiger partial charge in [0.05, 0.1) is 7.11 Å². The Morgan fingerprint density at radius 1 is 1.23 bits per heavy atom. The van der Waals surface area contributed by atoms with Gasteiger partial charge in [-0.3, -0.25) is 5.10 Å². The molecule has 1 N–H and O–H groups in total. The van der Waals surface area contributed by atoms with E-state index in [1.165, 1.54) is 12.8 Å². The summed E-state index contributed by atoms with van der Waals surface area (Å²) in [5, 5.41) is 6.77. The van der Waals surface area contributed by atoms with Crippen LogP contribution in [0, 0.1) is 4.77 Å². The minimum absolute atomic E-state index is 0.371. The van der Waals surface area contributed by atoms with E-state index in [4.69, 9.17) is 26.4 Å². The average Bonchev–Trinajstić information content (AvgIpc) is 3.22. The van der Waals surface area contributed by atoms with E-state index in [9.17, 15) is 0 Å². The molecule has 7 heteroatoms. The average molecular weight is 323 g/mol. The predicted molar refractivity (Wildman–Crippen MR) is 85.8 cm³/mol. The predicted octanol–water partition coefficient (Wildman–Crippen LogP) is 2.86. The number of nitrogens with zero attached hydrogens (tertiary/aromatic N) is 2. The van der Waals surface area contributed by atoms with E-state index < -0.39 is 0 Å². The van der Waals surface area contributed by atoms with E-state index in [0.29, 0.717) is 11.4 Å². The second-order valence-corrected chi connectivity index (χ2v) is 5.17. The highest BCUT2D eigenvalue weighted by molar-refractivity contribution is 7.71. The Bertz CT molecular complexity index is 610. The third-order valence-electron chi connectivity index (χ3n) is 3.23. The Morgan fingerprint density at radius 2 is 1.86 bits per heavy atom. The SMILES string of the molecule is C1CCOC1.COc1ccc(OCc2n[nH]c(=S)n2C)cc1. The standard InChI is InChI=1S/C11H13N3O2S.C4H8O/c1-14-10(12-13-11(14)17)7-16-9-5-3-8(15-2)4-6-9;1-2-4-5-3-1/h3-6H,7H2,1-2H3,(H,13,17);1-4H2. The molecule has 2 heterocycles. The molecule has 1 saturated heterocycles. The highest BCUT2D eigenvalue weighted by atomic mass is 32.1. The molecule has 6 nitrogen and oxygen atoms in total. The lowest BCUT2D eigenvalue weighted by Gasteiger charge is -2.06. The van der Waals surface area contributed by atoms with Gasteiger partial charge in [-0.05, 0) is 49.3 Å². The number of methoxy groups -OCH3 is 1. The van der Waals surface area contributed by atoms with Crippen molar-refractivity contribution in [3.05, 3.63) is 34.9 Å². The summed E-state index contributed by atoms with van der Waals surface area (Å²) in [5.74, 6) is 2.32. The summed E-state index contributed by atoms with van der Waals surface area (Å²) in [5.41, 5.74) is 0. The van der Waals surface area contributed by atoms with Gasteiger partial charge in [0, 0.05) is 20.3 Å². The minimum Gasteiger partial charge on any atom is -0.497 e. The van der Waals surface area contributed by atoms with Crippen molar-refractivity contribution in [2.24, 2.45) is 7.05 Å². The van der Waals surface area contributed by atoms with Crippen LogP contribution < -0.4 is 9.47 Å². The maximum Gasteiger partial charge on any atom is 0.194 e. The second-order valence-electron chi connectivity index (χ2n) is 4.79. The maximum atomic E-state index is 5.58. The van der Waals surface area contributed by atoms with Gasteiger partial charge in [0.15, 0.2) is 10.6 Å². The van der Waals surface area contributed by atoms with Crippen LogP contribution in [0.15, 0.2) is 24.3 Å². The van der Waals surface area contributed by atoms with Gasteiger partial charge < -0.3 is 18.8 Å². The zero-order chi connectivity index (χ0) is 15.8. The summed E-state index contributed by atoms with van der Waals surface area (Å²) >= 11 is 5.01. The van der Waals surface area contributed by atoms with Crippen LogP contribution in [0.4, 0.5) is 0 Å². The molecule has 1 fully saturated rings. The lowest BCUT2D eigenvalue weighted by molar-refractivity contribution is 0.198. The first-order chi connectivity index (χ1) is 10.7. The molecule has 0 unspecified atom stereocenters.